The maximum absolute atomic E-state index is 13.1. The fraction of sp³-hybridized carbons (Fsp3) is 0.556. The summed E-state index contributed by atoms with van der Waals surface area (Å²) in [6.07, 6.45) is 5.57. The Labute approximate surface area is 215 Å². The third-order valence-electron chi connectivity index (χ3n) is 6.77. The standard InChI is InChI=1S/C24H32N4O4S.C3H8/c1-32-20-2-4-21(5-3-20)33(30,31)22-9-14-28(15-10-22)24(29)19-7-12-27(13-8-19)17-18-6-11-26-23(25)16-18;1-3-2/h2-6,11,16,19,22H,7-10,12-15,17H2,1H3,(H2,25,26);3H2,1-2H3. The van der Waals surface area contributed by atoms with E-state index >= 15 is 0 Å². The van der Waals surface area contributed by atoms with Crippen LogP contribution >= 0.6 is 0 Å². The monoisotopic (exact) mass is 516 g/mol. The summed E-state index contributed by atoms with van der Waals surface area (Å²) in [4.78, 5) is 21.6. The molecule has 0 spiro atoms. The van der Waals surface area contributed by atoms with Crippen molar-refractivity contribution in [2.45, 2.75) is 62.6 Å². The summed E-state index contributed by atoms with van der Waals surface area (Å²) >= 11 is 0. The first kappa shape index (κ1) is 27.9. The molecule has 2 saturated heterocycles. The zero-order valence-electron chi connectivity index (χ0n) is 21.7. The Bertz CT molecular complexity index is 1080. The van der Waals surface area contributed by atoms with Crippen LogP contribution in [0.3, 0.4) is 0 Å². The number of sulfone groups is 1. The van der Waals surface area contributed by atoms with Crippen molar-refractivity contribution in [3.05, 3.63) is 48.2 Å². The summed E-state index contributed by atoms with van der Waals surface area (Å²) in [6.45, 7) is 7.77. The average Bonchev–Trinajstić information content (AvgIpc) is 2.89. The molecular formula is C27H40N4O4S. The molecule has 3 heterocycles. The van der Waals surface area contributed by atoms with E-state index in [1.54, 1.807) is 37.6 Å². The number of likely N-dealkylation sites (tertiary alicyclic amines) is 2. The zero-order chi connectivity index (χ0) is 26.1. The summed E-state index contributed by atoms with van der Waals surface area (Å²) in [7, 11) is -1.86. The number of methoxy groups -OCH3 is 1. The second-order valence-electron chi connectivity index (χ2n) is 9.59. The molecule has 1 aromatic carbocycles. The maximum Gasteiger partial charge on any atom is 0.225 e. The predicted molar refractivity (Wildman–Crippen MR) is 142 cm³/mol. The van der Waals surface area contributed by atoms with Gasteiger partial charge in [0.2, 0.25) is 5.91 Å². The molecule has 8 nitrogen and oxygen atoms in total. The number of nitrogens with zero attached hydrogens (tertiary/aromatic N) is 3. The lowest BCUT2D eigenvalue weighted by Crippen LogP contribution is -2.47. The number of carbonyl (C=O) groups is 1. The number of ether oxygens (including phenoxy) is 1. The van der Waals surface area contributed by atoms with E-state index in [1.165, 1.54) is 6.42 Å². The maximum atomic E-state index is 13.1. The lowest BCUT2D eigenvalue weighted by atomic mass is 9.94. The van der Waals surface area contributed by atoms with E-state index in [0.717, 1.165) is 38.0 Å². The van der Waals surface area contributed by atoms with Crippen molar-refractivity contribution in [1.29, 1.82) is 0 Å². The number of benzene rings is 1. The number of amides is 1. The Hall–Kier alpha value is -2.65. The highest BCUT2D eigenvalue weighted by molar-refractivity contribution is 7.92. The van der Waals surface area contributed by atoms with Crippen LogP contribution in [0.15, 0.2) is 47.5 Å². The van der Waals surface area contributed by atoms with Crippen molar-refractivity contribution < 1.29 is 17.9 Å². The molecule has 0 radical (unpaired) electrons. The van der Waals surface area contributed by atoms with Crippen LogP contribution in [0.25, 0.3) is 0 Å². The van der Waals surface area contributed by atoms with E-state index < -0.39 is 15.1 Å². The van der Waals surface area contributed by atoms with Gasteiger partial charge in [-0.2, -0.15) is 0 Å². The van der Waals surface area contributed by atoms with Crippen LogP contribution in [0.2, 0.25) is 0 Å². The van der Waals surface area contributed by atoms with Crippen molar-refractivity contribution in [2.75, 3.05) is 39.0 Å². The lowest BCUT2D eigenvalue weighted by molar-refractivity contribution is -0.138. The number of aromatic nitrogens is 1. The van der Waals surface area contributed by atoms with Crippen molar-refractivity contribution >= 4 is 21.6 Å². The molecule has 2 aliphatic rings. The van der Waals surface area contributed by atoms with Crippen LogP contribution in [0.5, 0.6) is 5.75 Å². The van der Waals surface area contributed by atoms with Gasteiger partial charge < -0.3 is 15.4 Å². The number of hydrogen-bond acceptors (Lipinski definition) is 7. The van der Waals surface area contributed by atoms with Crippen LogP contribution < -0.4 is 10.5 Å². The van der Waals surface area contributed by atoms with Gasteiger partial charge in [0, 0.05) is 31.7 Å². The summed E-state index contributed by atoms with van der Waals surface area (Å²) in [5, 5.41) is -0.454. The first-order valence-corrected chi connectivity index (χ1v) is 14.4. The second kappa shape index (κ2) is 13.1. The number of carbonyl (C=O) groups excluding carboxylic acids is 1. The Morgan fingerprint density at radius 3 is 2.19 bits per heavy atom. The fourth-order valence-electron chi connectivity index (χ4n) is 4.79. The number of pyridine rings is 1. The highest BCUT2D eigenvalue weighted by atomic mass is 32.2. The van der Waals surface area contributed by atoms with Gasteiger partial charge in [0.25, 0.3) is 0 Å². The number of nitrogens with two attached hydrogens (primary N) is 1. The molecule has 2 fully saturated rings. The molecule has 0 unspecified atom stereocenters. The van der Waals surface area contributed by atoms with Crippen molar-refractivity contribution in [2.24, 2.45) is 5.92 Å². The first-order valence-electron chi connectivity index (χ1n) is 12.9. The van der Waals surface area contributed by atoms with Crippen molar-refractivity contribution in [3.8, 4) is 5.75 Å². The predicted octanol–water partition coefficient (Wildman–Crippen LogP) is 3.77. The number of hydrogen-bond donors (Lipinski definition) is 1. The molecule has 0 aliphatic carbocycles. The number of piperidine rings is 2. The van der Waals surface area contributed by atoms with Crippen LogP contribution in [0, 0.1) is 5.92 Å². The van der Waals surface area contributed by atoms with Gasteiger partial charge in [0.15, 0.2) is 9.84 Å². The molecule has 2 aliphatic heterocycles. The summed E-state index contributed by atoms with van der Waals surface area (Å²) < 4.78 is 31.1. The summed E-state index contributed by atoms with van der Waals surface area (Å²) in [5.74, 6) is 1.34. The molecular weight excluding hydrogens is 476 g/mol. The Morgan fingerprint density at radius 1 is 1.03 bits per heavy atom. The molecule has 2 N–H and O–H groups in total. The van der Waals surface area contributed by atoms with Gasteiger partial charge in [-0.05, 0) is 80.7 Å². The van der Waals surface area contributed by atoms with E-state index in [-0.39, 0.29) is 11.8 Å². The third-order valence-corrected chi connectivity index (χ3v) is 9.05. The van der Waals surface area contributed by atoms with Gasteiger partial charge in [-0.1, -0.05) is 20.3 Å². The SMILES string of the molecule is CCC.COc1ccc(S(=O)(=O)C2CCN(C(=O)C3CCN(Cc4ccnc(N)c4)CC3)CC2)cc1. The molecule has 0 saturated carbocycles. The van der Waals surface area contributed by atoms with Crippen molar-refractivity contribution in [1.82, 2.24) is 14.8 Å². The van der Waals surface area contributed by atoms with Gasteiger partial charge in [-0.15, -0.1) is 0 Å². The number of anilines is 1. The molecule has 9 heteroatoms. The molecule has 0 bridgehead atoms. The van der Waals surface area contributed by atoms with E-state index in [1.807, 2.05) is 17.0 Å². The minimum Gasteiger partial charge on any atom is -0.497 e. The van der Waals surface area contributed by atoms with E-state index in [9.17, 15) is 13.2 Å². The van der Waals surface area contributed by atoms with E-state index in [0.29, 0.717) is 42.4 Å². The molecule has 2 aromatic rings. The normalized spacial score (nSPS) is 17.8. The van der Waals surface area contributed by atoms with E-state index in [4.69, 9.17) is 10.5 Å². The van der Waals surface area contributed by atoms with E-state index in [2.05, 4.69) is 23.7 Å². The Morgan fingerprint density at radius 2 is 1.64 bits per heavy atom. The zero-order valence-corrected chi connectivity index (χ0v) is 22.5. The smallest absolute Gasteiger partial charge is 0.225 e. The van der Waals surface area contributed by atoms with Crippen LogP contribution in [-0.2, 0) is 21.2 Å². The third kappa shape index (κ3) is 7.20. The molecule has 1 amide bonds. The van der Waals surface area contributed by atoms with Gasteiger partial charge in [-0.25, -0.2) is 13.4 Å². The molecule has 36 heavy (non-hydrogen) atoms. The summed E-state index contributed by atoms with van der Waals surface area (Å²) in [6, 6.07) is 10.4. The molecule has 0 atom stereocenters. The largest absolute Gasteiger partial charge is 0.497 e. The fourth-order valence-corrected chi connectivity index (χ4v) is 6.52. The Kier molecular flexibility index (Phi) is 10.1. The van der Waals surface area contributed by atoms with Crippen LogP contribution in [0.4, 0.5) is 5.82 Å². The van der Waals surface area contributed by atoms with Crippen LogP contribution in [-0.4, -0.2) is 67.6 Å². The highest BCUT2D eigenvalue weighted by Crippen LogP contribution is 2.28. The minimum absolute atomic E-state index is 0.0125. The summed E-state index contributed by atoms with van der Waals surface area (Å²) in [5.41, 5.74) is 6.90. The van der Waals surface area contributed by atoms with Crippen molar-refractivity contribution in [3.63, 3.8) is 0 Å². The topological polar surface area (TPSA) is 106 Å². The average molecular weight is 517 g/mol. The molecule has 4 rings (SSSR count). The molecule has 1 aromatic heterocycles. The number of nitrogen functional groups attached to an aromatic ring is 1. The van der Waals surface area contributed by atoms with Gasteiger partial charge in [0.05, 0.1) is 17.3 Å². The van der Waals surface area contributed by atoms with Crippen LogP contribution in [0.1, 0.15) is 51.5 Å². The number of rotatable bonds is 6. The van der Waals surface area contributed by atoms with Gasteiger partial charge in [-0.3, -0.25) is 9.69 Å². The lowest BCUT2D eigenvalue weighted by Gasteiger charge is -2.37. The van der Waals surface area contributed by atoms with Gasteiger partial charge in [0.1, 0.15) is 11.6 Å². The Balaban J connectivity index is 0.00000115. The second-order valence-corrected chi connectivity index (χ2v) is 11.8. The molecule has 198 valence electrons. The first-order chi connectivity index (χ1) is 17.3. The quantitative estimate of drug-likeness (QED) is 0.623. The van der Waals surface area contributed by atoms with Gasteiger partial charge >= 0.3 is 0 Å². The highest BCUT2D eigenvalue weighted by Gasteiger charge is 2.35. The minimum atomic E-state index is -3.41.